The third kappa shape index (κ3) is 3.99. The maximum atomic E-state index is 5.96. The molecule has 0 spiro atoms. The van der Waals surface area contributed by atoms with Crippen LogP contribution < -0.4 is 5.32 Å². The summed E-state index contributed by atoms with van der Waals surface area (Å²) < 4.78 is 0. The lowest BCUT2D eigenvalue weighted by molar-refractivity contribution is 0.0923. The van der Waals surface area contributed by atoms with Crippen LogP contribution in [0.1, 0.15) is 22.7 Å². The lowest BCUT2D eigenvalue weighted by atomic mass is 9.93. The number of nitrogens with zero attached hydrogens (tertiary/aromatic N) is 1. The maximum absolute atomic E-state index is 5.96. The summed E-state index contributed by atoms with van der Waals surface area (Å²) in [6, 6.07) is 30.5. The van der Waals surface area contributed by atoms with Crippen molar-refractivity contribution in [3.05, 3.63) is 107 Å². The first-order valence-electron chi connectivity index (χ1n) is 9.11. The van der Waals surface area contributed by atoms with Gasteiger partial charge in [-0.05, 0) is 28.8 Å². The van der Waals surface area contributed by atoms with E-state index in [9.17, 15) is 0 Å². The van der Waals surface area contributed by atoms with Crippen molar-refractivity contribution in [1.82, 2.24) is 10.2 Å². The molecule has 1 fully saturated rings. The molecule has 4 rings (SSSR count). The second-order valence-electron chi connectivity index (χ2n) is 6.88. The zero-order valence-corrected chi connectivity index (χ0v) is 15.4. The largest absolute Gasteiger partial charge is 0.307 e. The predicted molar refractivity (Wildman–Crippen MR) is 108 cm³/mol. The van der Waals surface area contributed by atoms with Gasteiger partial charge in [-0.15, -0.1) is 0 Å². The minimum atomic E-state index is 0.325. The average molecular weight is 363 g/mol. The molecule has 2 nitrogen and oxygen atoms in total. The SMILES string of the molecule is Clc1ccc(CNC2CN(C(c3ccccc3)c3ccccc3)C2)cc1. The quantitative estimate of drug-likeness (QED) is 0.670. The number of hydrogen-bond acceptors (Lipinski definition) is 2. The van der Waals surface area contributed by atoms with Crippen LogP contribution in [0.2, 0.25) is 5.02 Å². The Hall–Kier alpha value is -2.13. The van der Waals surface area contributed by atoms with Gasteiger partial charge in [0.2, 0.25) is 0 Å². The Kier molecular flexibility index (Phi) is 5.35. The molecular formula is C23H23ClN2. The highest BCUT2D eigenvalue weighted by atomic mass is 35.5. The summed E-state index contributed by atoms with van der Waals surface area (Å²) in [7, 11) is 0. The first kappa shape index (κ1) is 17.3. The predicted octanol–water partition coefficient (Wildman–Crippen LogP) is 4.90. The van der Waals surface area contributed by atoms with Gasteiger partial charge in [-0.1, -0.05) is 84.4 Å². The van der Waals surface area contributed by atoms with Crippen molar-refractivity contribution in [3.63, 3.8) is 0 Å². The van der Waals surface area contributed by atoms with Gasteiger partial charge in [0.15, 0.2) is 0 Å². The van der Waals surface area contributed by atoms with Crippen molar-refractivity contribution in [3.8, 4) is 0 Å². The maximum Gasteiger partial charge on any atom is 0.0602 e. The molecule has 0 unspecified atom stereocenters. The van der Waals surface area contributed by atoms with Gasteiger partial charge in [-0.3, -0.25) is 4.90 Å². The zero-order chi connectivity index (χ0) is 17.8. The normalized spacial score (nSPS) is 15.2. The van der Waals surface area contributed by atoms with Gasteiger partial charge in [0.1, 0.15) is 0 Å². The topological polar surface area (TPSA) is 15.3 Å². The molecule has 132 valence electrons. The molecule has 1 aliphatic heterocycles. The lowest BCUT2D eigenvalue weighted by Crippen LogP contribution is -2.58. The summed E-state index contributed by atoms with van der Waals surface area (Å²) in [5, 5.41) is 4.45. The van der Waals surface area contributed by atoms with E-state index in [4.69, 9.17) is 11.6 Å². The number of halogens is 1. The van der Waals surface area contributed by atoms with E-state index in [0.717, 1.165) is 24.7 Å². The van der Waals surface area contributed by atoms with Gasteiger partial charge in [-0.2, -0.15) is 0 Å². The lowest BCUT2D eigenvalue weighted by Gasteiger charge is -2.45. The molecular weight excluding hydrogens is 340 g/mol. The summed E-state index contributed by atoms with van der Waals surface area (Å²) in [5.74, 6) is 0. The van der Waals surface area contributed by atoms with Crippen LogP contribution in [0.15, 0.2) is 84.9 Å². The molecule has 26 heavy (non-hydrogen) atoms. The summed E-state index contributed by atoms with van der Waals surface area (Å²) in [5.41, 5.74) is 3.99. The van der Waals surface area contributed by atoms with Crippen molar-refractivity contribution in [2.45, 2.75) is 18.6 Å². The molecule has 0 radical (unpaired) electrons. The van der Waals surface area contributed by atoms with Crippen LogP contribution in [0.3, 0.4) is 0 Å². The highest BCUT2D eigenvalue weighted by Crippen LogP contribution is 2.32. The number of benzene rings is 3. The number of nitrogens with one attached hydrogen (secondary N) is 1. The molecule has 3 aromatic rings. The molecule has 1 aliphatic rings. The van der Waals surface area contributed by atoms with Gasteiger partial charge < -0.3 is 5.32 Å². The van der Waals surface area contributed by atoms with Crippen LogP contribution in [-0.2, 0) is 6.54 Å². The van der Waals surface area contributed by atoms with Crippen molar-refractivity contribution in [1.29, 1.82) is 0 Å². The van der Waals surface area contributed by atoms with Gasteiger partial charge in [0, 0.05) is 30.7 Å². The Balaban J connectivity index is 1.40. The van der Waals surface area contributed by atoms with E-state index < -0.39 is 0 Å². The third-order valence-corrected chi connectivity index (χ3v) is 5.27. The smallest absolute Gasteiger partial charge is 0.0602 e. The molecule has 0 aliphatic carbocycles. The second kappa shape index (κ2) is 8.05. The van der Waals surface area contributed by atoms with Crippen molar-refractivity contribution in [2.24, 2.45) is 0 Å². The Morgan fingerprint density at radius 2 is 1.35 bits per heavy atom. The minimum absolute atomic E-state index is 0.325. The summed E-state index contributed by atoms with van der Waals surface area (Å²) in [4.78, 5) is 2.55. The van der Waals surface area contributed by atoms with E-state index in [0.29, 0.717) is 12.1 Å². The van der Waals surface area contributed by atoms with Crippen LogP contribution in [0, 0.1) is 0 Å². The van der Waals surface area contributed by atoms with Crippen LogP contribution in [0.25, 0.3) is 0 Å². The van der Waals surface area contributed by atoms with Gasteiger partial charge >= 0.3 is 0 Å². The van der Waals surface area contributed by atoms with Crippen molar-refractivity contribution >= 4 is 11.6 Å². The fraction of sp³-hybridized carbons (Fsp3) is 0.217. The van der Waals surface area contributed by atoms with Crippen LogP contribution >= 0.6 is 11.6 Å². The molecule has 1 heterocycles. The molecule has 0 amide bonds. The van der Waals surface area contributed by atoms with Crippen LogP contribution in [0.5, 0.6) is 0 Å². The number of hydrogen-bond donors (Lipinski definition) is 1. The Morgan fingerprint density at radius 3 is 1.88 bits per heavy atom. The van der Waals surface area contributed by atoms with E-state index in [1.54, 1.807) is 0 Å². The highest BCUT2D eigenvalue weighted by molar-refractivity contribution is 6.30. The molecule has 0 saturated carbocycles. The zero-order valence-electron chi connectivity index (χ0n) is 14.7. The molecule has 1 saturated heterocycles. The van der Waals surface area contributed by atoms with E-state index in [-0.39, 0.29) is 0 Å². The molecule has 0 aromatic heterocycles. The van der Waals surface area contributed by atoms with E-state index in [2.05, 4.69) is 83.0 Å². The van der Waals surface area contributed by atoms with E-state index >= 15 is 0 Å². The van der Waals surface area contributed by atoms with E-state index in [1.165, 1.54) is 16.7 Å². The third-order valence-electron chi connectivity index (χ3n) is 5.01. The molecule has 3 aromatic carbocycles. The summed E-state index contributed by atoms with van der Waals surface area (Å²) >= 11 is 5.96. The summed E-state index contributed by atoms with van der Waals surface area (Å²) in [6.45, 7) is 3.00. The Morgan fingerprint density at radius 1 is 0.808 bits per heavy atom. The van der Waals surface area contributed by atoms with Crippen molar-refractivity contribution < 1.29 is 0 Å². The average Bonchev–Trinajstić information content (AvgIpc) is 2.66. The first-order chi connectivity index (χ1) is 12.8. The van der Waals surface area contributed by atoms with Crippen molar-refractivity contribution in [2.75, 3.05) is 13.1 Å². The van der Waals surface area contributed by atoms with E-state index in [1.807, 2.05) is 12.1 Å². The van der Waals surface area contributed by atoms with Crippen LogP contribution in [0.4, 0.5) is 0 Å². The number of rotatable bonds is 6. The van der Waals surface area contributed by atoms with Gasteiger partial charge in [-0.25, -0.2) is 0 Å². The fourth-order valence-corrected chi connectivity index (χ4v) is 3.73. The molecule has 0 bridgehead atoms. The standard InChI is InChI=1S/C23H23ClN2/c24-21-13-11-18(12-14-21)15-25-22-16-26(17-22)23(19-7-3-1-4-8-19)20-9-5-2-6-10-20/h1-14,22-23,25H,15-17H2. The monoisotopic (exact) mass is 362 g/mol. The Labute approximate surface area is 160 Å². The molecule has 0 atom stereocenters. The molecule has 3 heteroatoms. The van der Waals surface area contributed by atoms with Gasteiger partial charge in [0.25, 0.3) is 0 Å². The van der Waals surface area contributed by atoms with Crippen LogP contribution in [-0.4, -0.2) is 24.0 Å². The highest BCUT2D eigenvalue weighted by Gasteiger charge is 2.33. The second-order valence-corrected chi connectivity index (χ2v) is 7.32. The fourth-order valence-electron chi connectivity index (χ4n) is 3.60. The Bertz CT molecular complexity index is 772. The first-order valence-corrected chi connectivity index (χ1v) is 9.49. The molecule has 1 N–H and O–H groups in total. The number of likely N-dealkylation sites (tertiary alicyclic amines) is 1. The van der Waals surface area contributed by atoms with Gasteiger partial charge in [0.05, 0.1) is 6.04 Å². The summed E-state index contributed by atoms with van der Waals surface area (Å²) in [6.07, 6.45) is 0. The minimum Gasteiger partial charge on any atom is -0.307 e.